The minimum atomic E-state index is -3.03. The summed E-state index contributed by atoms with van der Waals surface area (Å²) in [4.78, 5) is 18.6. The van der Waals surface area contributed by atoms with E-state index in [1.807, 2.05) is 4.90 Å². The molecular weight excluding hydrogens is 388 g/mol. The molecule has 27 heavy (non-hydrogen) atoms. The fourth-order valence-electron chi connectivity index (χ4n) is 3.30. The molecule has 0 radical (unpaired) electrons. The van der Waals surface area contributed by atoms with Crippen LogP contribution in [-0.4, -0.2) is 68.0 Å². The molecule has 0 N–H and O–H groups in total. The average Bonchev–Trinajstić information content (AvgIpc) is 3.07. The maximum atomic E-state index is 12.5. The molecule has 2 atom stereocenters. The van der Waals surface area contributed by atoms with Crippen molar-refractivity contribution in [3.05, 3.63) is 36.4 Å². The molecule has 0 spiro atoms. The molecule has 0 aliphatic carbocycles. The van der Waals surface area contributed by atoms with Crippen LogP contribution < -0.4 is 9.47 Å². The third kappa shape index (κ3) is 4.30. The molecule has 2 heterocycles. The Hall–Kier alpha value is -2.00. The van der Waals surface area contributed by atoms with Gasteiger partial charge in [-0.3, -0.25) is 4.79 Å². The van der Waals surface area contributed by atoms with Crippen LogP contribution in [0.1, 0.15) is 5.56 Å². The number of carbonyl (C=O) groups excluding carboxylic acids is 1. The number of rotatable bonds is 6. The van der Waals surface area contributed by atoms with Crippen molar-refractivity contribution in [2.75, 3.05) is 32.3 Å². The van der Waals surface area contributed by atoms with Gasteiger partial charge in [0.25, 0.3) is 5.91 Å². The molecule has 2 aliphatic heterocycles. The summed E-state index contributed by atoms with van der Waals surface area (Å²) in [6.45, 7) is 4.19. The molecule has 146 valence electrons. The summed E-state index contributed by atoms with van der Waals surface area (Å²) < 4.78 is 34.2. The van der Waals surface area contributed by atoms with Gasteiger partial charge in [-0.15, -0.1) is 6.58 Å². The van der Waals surface area contributed by atoms with Crippen molar-refractivity contribution in [1.29, 1.82) is 0 Å². The lowest BCUT2D eigenvalue weighted by Gasteiger charge is -2.22. The summed E-state index contributed by atoms with van der Waals surface area (Å²) in [5.41, 5.74) is 0.767. The van der Waals surface area contributed by atoms with Crippen LogP contribution in [0, 0.1) is 0 Å². The van der Waals surface area contributed by atoms with E-state index in [9.17, 15) is 13.2 Å². The monoisotopic (exact) mass is 410 g/mol. The first kappa shape index (κ1) is 19.8. The molecule has 0 aromatic heterocycles. The molecule has 2 saturated heterocycles. The summed E-state index contributed by atoms with van der Waals surface area (Å²) in [5.74, 6) is 1.08. The van der Waals surface area contributed by atoms with Crippen molar-refractivity contribution in [3.63, 3.8) is 0 Å². The first-order valence-corrected chi connectivity index (χ1v) is 11.1. The first-order chi connectivity index (χ1) is 12.9. The summed E-state index contributed by atoms with van der Waals surface area (Å²) in [7, 11) is 0.0593. The summed E-state index contributed by atoms with van der Waals surface area (Å²) in [6, 6.07) is 5.15. The second-order valence-corrected chi connectivity index (χ2v) is 9.76. The fourth-order valence-corrected chi connectivity index (χ4v) is 7.28. The van der Waals surface area contributed by atoms with Crippen LogP contribution in [0.25, 0.3) is 0 Å². The van der Waals surface area contributed by atoms with Gasteiger partial charge in [0, 0.05) is 11.8 Å². The lowest BCUT2D eigenvalue weighted by molar-refractivity contribution is -0.117. The highest BCUT2D eigenvalue weighted by atomic mass is 32.2. The van der Waals surface area contributed by atoms with E-state index in [2.05, 4.69) is 11.6 Å². The van der Waals surface area contributed by atoms with Gasteiger partial charge in [0.15, 0.2) is 26.5 Å². The molecule has 9 heteroatoms. The van der Waals surface area contributed by atoms with Crippen LogP contribution in [0.15, 0.2) is 35.8 Å². The van der Waals surface area contributed by atoms with E-state index in [1.165, 1.54) is 11.8 Å². The van der Waals surface area contributed by atoms with Gasteiger partial charge in [-0.25, -0.2) is 8.42 Å². The third-order valence-corrected chi connectivity index (χ3v) is 7.77. The summed E-state index contributed by atoms with van der Waals surface area (Å²) >= 11 is 1.37. The number of sulfone groups is 1. The highest BCUT2D eigenvalue weighted by Crippen LogP contribution is 2.38. The van der Waals surface area contributed by atoms with Crippen LogP contribution >= 0.6 is 11.8 Å². The van der Waals surface area contributed by atoms with Gasteiger partial charge in [0.1, 0.15) is 0 Å². The zero-order chi connectivity index (χ0) is 19.6. The van der Waals surface area contributed by atoms with Gasteiger partial charge >= 0.3 is 0 Å². The predicted molar refractivity (Wildman–Crippen MR) is 106 cm³/mol. The lowest BCUT2D eigenvalue weighted by atomic mass is 10.1. The molecule has 1 aromatic rings. The van der Waals surface area contributed by atoms with Gasteiger partial charge < -0.3 is 14.4 Å². The number of hydrogen-bond donors (Lipinski definition) is 0. The lowest BCUT2D eigenvalue weighted by Crippen LogP contribution is -2.37. The molecule has 7 nitrogen and oxygen atoms in total. The van der Waals surface area contributed by atoms with E-state index in [0.717, 1.165) is 5.56 Å². The number of amidine groups is 1. The van der Waals surface area contributed by atoms with E-state index < -0.39 is 9.84 Å². The second-order valence-electron chi connectivity index (χ2n) is 6.40. The highest BCUT2D eigenvalue weighted by Gasteiger charge is 2.48. The average molecular weight is 411 g/mol. The SMILES string of the molecule is C=CCN1C(=NC(=O)Cc2ccc(OC)c(OC)c2)S[C@H]2CS(=O)(=O)C[C@H]21. The van der Waals surface area contributed by atoms with Crippen molar-refractivity contribution in [1.82, 2.24) is 4.90 Å². The third-order valence-electron chi connectivity index (χ3n) is 4.52. The Morgan fingerprint density at radius 3 is 2.74 bits per heavy atom. The number of nitrogens with zero attached hydrogens (tertiary/aromatic N) is 2. The first-order valence-electron chi connectivity index (χ1n) is 8.44. The molecule has 1 amide bonds. The molecule has 2 aliphatic rings. The van der Waals surface area contributed by atoms with Crippen LogP contribution in [0.4, 0.5) is 0 Å². The number of benzene rings is 1. The minimum Gasteiger partial charge on any atom is -0.493 e. The quantitative estimate of drug-likeness (QED) is 0.658. The van der Waals surface area contributed by atoms with Gasteiger partial charge in [-0.05, 0) is 17.7 Å². The second kappa shape index (κ2) is 7.93. The van der Waals surface area contributed by atoms with Gasteiger partial charge in [-0.1, -0.05) is 23.9 Å². The molecule has 0 bridgehead atoms. The zero-order valence-corrected chi connectivity index (χ0v) is 16.9. The van der Waals surface area contributed by atoms with E-state index in [-0.39, 0.29) is 35.1 Å². The van der Waals surface area contributed by atoms with Crippen molar-refractivity contribution in [2.45, 2.75) is 17.7 Å². The van der Waals surface area contributed by atoms with Crippen LogP contribution in [0.3, 0.4) is 0 Å². The number of hydrogen-bond acceptors (Lipinski definition) is 6. The van der Waals surface area contributed by atoms with Gasteiger partial charge in [0.2, 0.25) is 0 Å². The van der Waals surface area contributed by atoms with Crippen LogP contribution in [0.2, 0.25) is 0 Å². The maximum Gasteiger partial charge on any atom is 0.252 e. The van der Waals surface area contributed by atoms with E-state index in [4.69, 9.17) is 9.47 Å². The number of amides is 1. The molecular formula is C18H22N2O5S2. The minimum absolute atomic E-state index is 0.0809. The van der Waals surface area contributed by atoms with Crippen LogP contribution in [-0.2, 0) is 21.1 Å². The molecule has 0 saturated carbocycles. The maximum absolute atomic E-state index is 12.5. The normalized spacial score (nSPS) is 24.7. The van der Waals surface area contributed by atoms with Gasteiger partial charge in [0.05, 0.1) is 38.2 Å². The zero-order valence-electron chi connectivity index (χ0n) is 15.3. The van der Waals surface area contributed by atoms with Crippen molar-refractivity contribution < 1.29 is 22.7 Å². The Morgan fingerprint density at radius 1 is 1.33 bits per heavy atom. The molecule has 3 rings (SSSR count). The highest BCUT2D eigenvalue weighted by molar-refractivity contribution is 8.15. The number of thioether (sulfide) groups is 1. The van der Waals surface area contributed by atoms with Crippen molar-refractivity contribution in [2.24, 2.45) is 4.99 Å². The van der Waals surface area contributed by atoms with E-state index in [1.54, 1.807) is 38.5 Å². The van der Waals surface area contributed by atoms with E-state index in [0.29, 0.717) is 23.2 Å². The van der Waals surface area contributed by atoms with Crippen molar-refractivity contribution in [3.8, 4) is 11.5 Å². The molecule has 1 aromatic carbocycles. The Bertz CT molecular complexity index is 882. The smallest absolute Gasteiger partial charge is 0.252 e. The summed E-state index contributed by atoms with van der Waals surface area (Å²) in [6.07, 6.45) is 1.82. The Morgan fingerprint density at radius 2 is 2.07 bits per heavy atom. The number of aliphatic imine (C=N–C) groups is 1. The van der Waals surface area contributed by atoms with Crippen molar-refractivity contribution >= 4 is 32.7 Å². The Kier molecular flexibility index (Phi) is 5.81. The Labute approximate surface area is 163 Å². The molecule has 2 fully saturated rings. The fraction of sp³-hybridized carbons (Fsp3) is 0.444. The number of ether oxygens (including phenoxy) is 2. The largest absolute Gasteiger partial charge is 0.493 e. The molecule has 0 unspecified atom stereocenters. The summed E-state index contributed by atoms with van der Waals surface area (Å²) in [5, 5.41) is 0.493. The van der Waals surface area contributed by atoms with Gasteiger partial charge in [-0.2, -0.15) is 4.99 Å². The topological polar surface area (TPSA) is 85.3 Å². The number of fused-ring (bicyclic) bond motifs is 1. The van der Waals surface area contributed by atoms with Crippen LogP contribution in [0.5, 0.6) is 11.5 Å². The van der Waals surface area contributed by atoms with E-state index >= 15 is 0 Å². The Balaban J connectivity index is 1.76. The number of carbonyl (C=O) groups is 1. The predicted octanol–water partition coefficient (Wildman–Crippen LogP) is 1.53. The standard InChI is InChI=1S/C18H22N2O5S2/c1-4-7-20-13-10-27(22,23)11-16(13)26-18(20)19-17(21)9-12-5-6-14(24-2)15(8-12)25-3/h4-6,8,13,16H,1,7,9-11H2,2-3H3/t13-,16+/m1/s1. The number of methoxy groups -OCH3 is 2.